The van der Waals surface area contributed by atoms with Gasteiger partial charge in [-0.1, -0.05) is 44.2 Å². The van der Waals surface area contributed by atoms with E-state index in [1.807, 2.05) is 42.5 Å². The molecular formula is C24H29N3O3S. The molecule has 1 aromatic carbocycles. The van der Waals surface area contributed by atoms with Gasteiger partial charge in [0.05, 0.1) is 23.5 Å². The minimum atomic E-state index is -3.40. The van der Waals surface area contributed by atoms with Crippen LogP contribution in [0.5, 0.6) is 0 Å². The topological polar surface area (TPSA) is 102 Å². The Hall–Kier alpha value is -2.40. The maximum Gasteiger partial charge on any atom is 0.215 e. The van der Waals surface area contributed by atoms with Gasteiger partial charge in [0.25, 0.3) is 0 Å². The Kier molecular flexibility index (Phi) is 6.07. The second-order valence-electron chi connectivity index (χ2n) is 8.90. The molecule has 0 unspecified atom stereocenters. The average molecular weight is 440 g/mol. The third kappa shape index (κ3) is 4.08. The van der Waals surface area contributed by atoms with Crippen LogP contribution in [0.4, 0.5) is 0 Å². The number of dihydropyridines is 1. The maximum atomic E-state index is 12.6. The molecule has 31 heavy (non-hydrogen) atoms. The third-order valence-electron chi connectivity index (χ3n) is 7.20. The lowest BCUT2D eigenvalue weighted by Gasteiger charge is -2.41. The predicted molar refractivity (Wildman–Crippen MR) is 121 cm³/mol. The fourth-order valence-corrected chi connectivity index (χ4v) is 7.47. The number of nitriles is 1. The van der Waals surface area contributed by atoms with Crippen LogP contribution in [0.15, 0.2) is 54.3 Å². The fraction of sp³-hybridized carbons (Fsp3) is 0.458. The van der Waals surface area contributed by atoms with Crippen molar-refractivity contribution in [3.05, 3.63) is 65.4 Å². The van der Waals surface area contributed by atoms with E-state index in [4.69, 9.17) is 0 Å². The molecule has 0 aromatic heterocycles. The van der Waals surface area contributed by atoms with Crippen molar-refractivity contribution in [1.29, 1.82) is 5.26 Å². The van der Waals surface area contributed by atoms with Gasteiger partial charge in [-0.3, -0.25) is 0 Å². The average Bonchev–Trinajstić information content (AvgIpc) is 3.04. The lowest BCUT2D eigenvalue weighted by atomic mass is 9.65. The molecule has 7 heteroatoms. The fourth-order valence-electron chi connectivity index (χ4n) is 5.30. The van der Waals surface area contributed by atoms with Gasteiger partial charge in [-0.15, -0.1) is 0 Å². The van der Waals surface area contributed by atoms with Crippen molar-refractivity contribution >= 4 is 15.6 Å². The summed E-state index contributed by atoms with van der Waals surface area (Å²) in [5.74, 6) is 0.532. The van der Waals surface area contributed by atoms with Gasteiger partial charge in [-0.2, -0.15) is 5.26 Å². The molecule has 4 rings (SSSR count). The Balaban J connectivity index is 1.58. The van der Waals surface area contributed by atoms with Crippen LogP contribution < -0.4 is 10.0 Å². The zero-order valence-corrected chi connectivity index (χ0v) is 18.6. The van der Waals surface area contributed by atoms with Crippen molar-refractivity contribution in [3.63, 3.8) is 0 Å². The highest BCUT2D eigenvalue weighted by Gasteiger charge is 2.54. The number of benzene rings is 1. The van der Waals surface area contributed by atoms with E-state index < -0.39 is 21.3 Å². The molecule has 6 atom stereocenters. The quantitative estimate of drug-likeness (QED) is 0.669. The van der Waals surface area contributed by atoms with E-state index in [2.05, 4.69) is 36.0 Å². The maximum absolute atomic E-state index is 12.6. The van der Waals surface area contributed by atoms with Crippen LogP contribution in [-0.2, 0) is 10.0 Å². The molecule has 3 aliphatic rings. The van der Waals surface area contributed by atoms with Crippen LogP contribution in [0.25, 0.3) is 5.57 Å². The number of fused-ring (bicyclic) bond motifs is 1. The normalized spacial score (nSPS) is 34.4. The van der Waals surface area contributed by atoms with E-state index in [0.717, 1.165) is 16.8 Å². The SMILES string of the molecule is C[C@H]1[C@H](/C=C/C2=CC=C(c3ccccc3C#N)CN2)[C@H]2[C@@H](C[C@@H]1C)S(=O)(=O)N[C@@H]2CO. The summed E-state index contributed by atoms with van der Waals surface area (Å²) in [4.78, 5) is 0. The van der Waals surface area contributed by atoms with Crippen LogP contribution in [0.3, 0.4) is 0 Å². The molecule has 0 radical (unpaired) electrons. The van der Waals surface area contributed by atoms with E-state index in [1.54, 1.807) is 0 Å². The monoisotopic (exact) mass is 439 g/mol. The predicted octanol–water partition coefficient (Wildman–Crippen LogP) is 2.56. The highest BCUT2D eigenvalue weighted by molar-refractivity contribution is 7.90. The first-order valence-electron chi connectivity index (χ1n) is 10.8. The first kappa shape index (κ1) is 21.8. The van der Waals surface area contributed by atoms with Gasteiger partial charge < -0.3 is 10.4 Å². The van der Waals surface area contributed by atoms with Crippen LogP contribution in [0.2, 0.25) is 0 Å². The molecule has 1 aromatic rings. The summed E-state index contributed by atoms with van der Waals surface area (Å²) in [7, 11) is -3.40. The lowest BCUT2D eigenvalue weighted by Crippen LogP contribution is -2.44. The van der Waals surface area contributed by atoms with Crippen LogP contribution in [0, 0.1) is 35.0 Å². The summed E-state index contributed by atoms with van der Waals surface area (Å²) in [5, 5.41) is 22.1. The molecule has 1 saturated heterocycles. The van der Waals surface area contributed by atoms with Crippen molar-refractivity contribution in [2.24, 2.45) is 23.7 Å². The molecule has 3 N–H and O–H groups in total. The molecule has 1 saturated carbocycles. The van der Waals surface area contributed by atoms with Gasteiger partial charge in [0.2, 0.25) is 10.0 Å². The van der Waals surface area contributed by atoms with Crippen molar-refractivity contribution < 1.29 is 13.5 Å². The first-order chi connectivity index (χ1) is 14.9. The number of sulfonamides is 1. The number of aliphatic hydroxyl groups excluding tert-OH is 1. The first-order valence-corrected chi connectivity index (χ1v) is 12.3. The summed E-state index contributed by atoms with van der Waals surface area (Å²) in [6.07, 6.45) is 8.79. The number of nitrogens with zero attached hydrogens (tertiary/aromatic N) is 1. The second kappa shape index (κ2) is 8.62. The second-order valence-corrected chi connectivity index (χ2v) is 10.8. The van der Waals surface area contributed by atoms with Crippen LogP contribution in [-0.4, -0.2) is 38.0 Å². The number of hydrogen-bond acceptors (Lipinski definition) is 5. The van der Waals surface area contributed by atoms with Crippen molar-refractivity contribution in [1.82, 2.24) is 10.0 Å². The summed E-state index contributed by atoms with van der Waals surface area (Å²) >= 11 is 0. The zero-order valence-electron chi connectivity index (χ0n) is 17.8. The zero-order chi connectivity index (χ0) is 22.2. The summed E-state index contributed by atoms with van der Waals surface area (Å²) in [6, 6.07) is 9.37. The van der Waals surface area contributed by atoms with Gasteiger partial charge in [0, 0.05) is 24.2 Å². The van der Waals surface area contributed by atoms with Gasteiger partial charge >= 0.3 is 0 Å². The molecule has 0 bridgehead atoms. The van der Waals surface area contributed by atoms with Gasteiger partial charge in [0.1, 0.15) is 0 Å². The number of aliphatic hydroxyl groups is 1. The van der Waals surface area contributed by atoms with Crippen molar-refractivity contribution in [3.8, 4) is 6.07 Å². The minimum absolute atomic E-state index is 0.0584. The standard InChI is InChI=1S/C24H29N3O3S/c1-15-11-23-24(22(14-28)27-31(23,29)30)20(16(15)2)10-9-19-8-7-18(13-26-19)21-6-4-3-5-17(21)12-25/h3-10,15-16,20,22-24,26-28H,11,13-14H2,1-2H3/b10-9+/t15-,16+,20-,22+,23+,24+/m0/s1. The van der Waals surface area contributed by atoms with Crippen LogP contribution in [0.1, 0.15) is 31.4 Å². The third-order valence-corrected chi connectivity index (χ3v) is 9.13. The molecule has 0 amide bonds. The molecule has 6 nitrogen and oxygen atoms in total. The van der Waals surface area contributed by atoms with Gasteiger partial charge in [-0.05, 0) is 53.5 Å². The smallest absolute Gasteiger partial charge is 0.215 e. The number of rotatable bonds is 4. The van der Waals surface area contributed by atoms with Crippen LogP contribution >= 0.6 is 0 Å². The molecule has 1 aliphatic carbocycles. The minimum Gasteiger partial charge on any atom is -0.395 e. The summed E-state index contributed by atoms with van der Waals surface area (Å²) < 4.78 is 27.9. The van der Waals surface area contributed by atoms with E-state index in [-0.39, 0.29) is 24.4 Å². The van der Waals surface area contributed by atoms with E-state index in [1.165, 1.54) is 0 Å². The number of allylic oxidation sites excluding steroid dienone is 4. The Labute approximate surface area is 184 Å². The molecule has 2 aliphatic heterocycles. The Morgan fingerprint density at radius 2 is 2.03 bits per heavy atom. The molecule has 0 spiro atoms. The van der Waals surface area contributed by atoms with Gasteiger partial charge in [-0.25, -0.2) is 13.1 Å². The van der Waals surface area contributed by atoms with E-state index >= 15 is 0 Å². The summed E-state index contributed by atoms with van der Waals surface area (Å²) in [6.45, 7) is 4.72. The van der Waals surface area contributed by atoms with Gasteiger partial charge in [0.15, 0.2) is 0 Å². The molecular weight excluding hydrogens is 410 g/mol. The molecule has 164 valence electrons. The van der Waals surface area contributed by atoms with E-state index in [0.29, 0.717) is 24.4 Å². The number of hydrogen-bond donors (Lipinski definition) is 3. The van der Waals surface area contributed by atoms with E-state index in [9.17, 15) is 18.8 Å². The highest BCUT2D eigenvalue weighted by Crippen LogP contribution is 2.46. The largest absolute Gasteiger partial charge is 0.395 e. The Morgan fingerprint density at radius 1 is 1.26 bits per heavy atom. The Bertz CT molecular complexity index is 1080. The molecule has 2 heterocycles. The number of nitrogens with one attached hydrogen (secondary N) is 2. The van der Waals surface area contributed by atoms with Crippen molar-refractivity contribution in [2.75, 3.05) is 13.2 Å². The lowest BCUT2D eigenvalue weighted by molar-refractivity contribution is 0.113. The summed E-state index contributed by atoms with van der Waals surface area (Å²) in [5.41, 5.74) is 3.60. The molecule has 2 fully saturated rings. The highest BCUT2D eigenvalue weighted by atomic mass is 32.2. The Morgan fingerprint density at radius 3 is 2.71 bits per heavy atom. The van der Waals surface area contributed by atoms with Crippen molar-refractivity contribution in [2.45, 2.75) is 31.6 Å².